The smallest absolute Gasteiger partial charge is 0.255 e. The van der Waals surface area contributed by atoms with Crippen LogP contribution in [0.2, 0.25) is 0 Å². The number of para-hydroxylation sites is 1. The summed E-state index contributed by atoms with van der Waals surface area (Å²) in [6, 6.07) is 7.98. The van der Waals surface area contributed by atoms with Crippen LogP contribution in [0.25, 0.3) is 10.9 Å². The van der Waals surface area contributed by atoms with Crippen LogP contribution in [0.1, 0.15) is 23.2 Å². The fraction of sp³-hybridized carbons (Fsp3) is 0.400. The molecule has 0 aliphatic heterocycles. The lowest BCUT2D eigenvalue weighted by atomic mass is 10.1. The summed E-state index contributed by atoms with van der Waals surface area (Å²) in [4.78, 5) is 14.3. The fourth-order valence-corrected chi connectivity index (χ4v) is 2.50. The van der Waals surface area contributed by atoms with Crippen molar-refractivity contribution in [2.24, 2.45) is 13.0 Å². The van der Waals surface area contributed by atoms with Crippen LogP contribution in [-0.2, 0) is 7.05 Å². The van der Waals surface area contributed by atoms with E-state index in [0.29, 0.717) is 0 Å². The van der Waals surface area contributed by atoms with E-state index in [4.69, 9.17) is 0 Å². The lowest BCUT2D eigenvalue weighted by Crippen LogP contribution is -2.29. The Morgan fingerprint density at radius 1 is 1.39 bits per heavy atom. The Labute approximate surface area is 107 Å². The summed E-state index contributed by atoms with van der Waals surface area (Å²) in [5.41, 5.74) is 1.84. The normalized spacial score (nSPS) is 15.0. The van der Waals surface area contributed by atoms with Crippen LogP contribution in [0.4, 0.5) is 0 Å². The first-order chi connectivity index (χ1) is 8.66. The lowest BCUT2D eigenvalue weighted by molar-refractivity contribution is 0.0790. The van der Waals surface area contributed by atoms with E-state index in [-0.39, 0.29) is 5.91 Å². The van der Waals surface area contributed by atoms with Crippen LogP contribution in [0.5, 0.6) is 0 Å². The van der Waals surface area contributed by atoms with Crippen molar-refractivity contribution in [3.05, 3.63) is 36.0 Å². The van der Waals surface area contributed by atoms with Crippen molar-refractivity contribution in [2.45, 2.75) is 12.8 Å². The number of carbonyl (C=O) groups is 1. The number of rotatable bonds is 3. The van der Waals surface area contributed by atoms with Gasteiger partial charge in [-0.25, -0.2) is 0 Å². The molecule has 0 spiro atoms. The predicted molar refractivity (Wildman–Crippen MR) is 72.6 cm³/mol. The number of amides is 1. The molecule has 2 aromatic rings. The molecule has 0 saturated heterocycles. The summed E-state index contributed by atoms with van der Waals surface area (Å²) in [5.74, 6) is 0.862. The zero-order valence-corrected chi connectivity index (χ0v) is 10.9. The molecule has 1 heterocycles. The van der Waals surface area contributed by atoms with Crippen molar-refractivity contribution in [3.8, 4) is 0 Å². The van der Waals surface area contributed by atoms with Crippen LogP contribution in [0.15, 0.2) is 30.5 Å². The van der Waals surface area contributed by atoms with E-state index >= 15 is 0 Å². The van der Waals surface area contributed by atoms with Crippen molar-refractivity contribution in [3.63, 3.8) is 0 Å². The largest absolute Gasteiger partial charge is 0.350 e. The molecule has 94 valence electrons. The number of fused-ring (bicyclic) bond motifs is 1. The maximum Gasteiger partial charge on any atom is 0.255 e. The molecule has 1 fully saturated rings. The van der Waals surface area contributed by atoms with Crippen LogP contribution in [0, 0.1) is 5.92 Å². The summed E-state index contributed by atoms with van der Waals surface area (Å²) in [5, 5.41) is 1.13. The summed E-state index contributed by atoms with van der Waals surface area (Å²) < 4.78 is 2.02. The van der Waals surface area contributed by atoms with Crippen molar-refractivity contribution >= 4 is 16.8 Å². The Morgan fingerprint density at radius 2 is 2.17 bits per heavy atom. The van der Waals surface area contributed by atoms with Gasteiger partial charge in [0.25, 0.3) is 5.91 Å². The Morgan fingerprint density at radius 3 is 2.89 bits per heavy atom. The number of aromatic nitrogens is 1. The summed E-state index contributed by atoms with van der Waals surface area (Å²) in [7, 11) is 3.89. The topological polar surface area (TPSA) is 25.2 Å². The molecule has 1 saturated carbocycles. The van der Waals surface area contributed by atoms with E-state index in [1.807, 2.05) is 54.0 Å². The average Bonchev–Trinajstić information content (AvgIpc) is 3.11. The van der Waals surface area contributed by atoms with Crippen molar-refractivity contribution in [1.29, 1.82) is 0 Å². The second-order valence-electron chi connectivity index (χ2n) is 5.30. The molecule has 0 unspecified atom stereocenters. The van der Waals surface area contributed by atoms with Gasteiger partial charge in [0.05, 0.1) is 11.1 Å². The van der Waals surface area contributed by atoms with Gasteiger partial charge in [0, 0.05) is 32.2 Å². The molecule has 3 rings (SSSR count). The van der Waals surface area contributed by atoms with E-state index < -0.39 is 0 Å². The van der Waals surface area contributed by atoms with Crippen LogP contribution in [-0.4, -0.2) is 29.0 Å². The van der Waals surface area contributed by atoms with Gasteiger partial charge in [0.1, 0.15) is 0 Å². The molecular formula is C15H18N2O. The van der Waals surface area contributed by atoms with Gasteiger partial charge in [-0.3, -0.25) is 4.79 Å². The first kappa shape index (κ1) is 11.3. The Balaban J connectivity index is 1.97. The maximum absolute atomic E-state index is 12.5. The minimum absolute atomic E-state index is 0.134. The molecule has 1 aromatic carbocycles. The second-order valence-corrected chi connectivity index (χ2v) is 5.30. The minimum atomic E-state index is 0.134. The zero-order valence-electron chi connectivity index (χ0n) is 10.9. The van der Waals surface area contributed by atoms with Gasteiger partial charge in [-0.2, -0.15) is 0 Å². The van der Waals surface area contributed by atoms with E-state index in [9.17, 15) is 4.79 Å². The third kappa shape index (κ3) is 1.90. The Hall–Kier alpha value is -1.77. The van der Waals surface area contributed by atoms with Gasteiger partial charge >= 0.3 is 0 Å². The maximum atomic E-state index is 12.5. The number of hydrogen-bond acceptors (Lipinski definition) is 1. The van der Waals surface area contributed by atoms with Crippen molar-refractivity contribution < 1.29 is 4.79 Å². The van der Waals surface area contributed by atoms with Gasteiger partial charge in [-0.15, -0.1) is 0 Å². The summed E-state index contributed by atoms with van der Waals surface area (Å²) in [6.07, 6.45) is 4.54. The first-order valence-electron chi connectivity index (χ1n) is 6.46. The second kappa shape index (κ2) is 4.16. The lowest BCUT2D eigenvalue weighted by Gasteiger charge is -2.17. The highest BCUT2D eigenvalue weighted by atomic mass is 16.2. The predicted octanol–water partition coefficient (Wildman–Crippen LogP) is 2.66. The summed E-state index contributed by atoms with van der Waals surface area (Å²) >= 11 is 0. The van der Waals surface area contributed by atoms with Gasteiger partial charge in [0.2, 0.25) is 0 Å². The Bertz CT molecular complexity index is 596. The Kier molecular flexibility index (Phi) is 2.62. The number of nitrogens with zero attached hydrogens (tertiary/aromatic N) is 2. The van der Waals surface area contributed by atoms with Gasteiger partial charge in [-0.1, -0.05) is 12.1 Å². The first-order valence-corrected chi connectivity index (χ1v) is 6.46. The van der Waals surface area contributed by atoms with Crippen molar-refractivity contribution in [2.75, 3.05) is 13.6 Å². The van der Waals surface area contributed by atoms with Gasteiger partial charge < -0.3 is 9.47 Å². The quantitative estimate of drug-likeness (QED) is 0.812. The van der Waals surface area contributed by atoms with Gasteiger partial charge in [-0.05, 0) is 30.9 Å². The molecule has 1 amide bonds. The van der Waals surface area contributed by atoms with Crippen molar-refractivity contribution in [1.82, 2.24) is 9.47 Å². The number of aryl methyl sites for hydroxylation is 1. The molecule has 0 N–H and O–H groups in total. The molecule has 1 aromatic heterocycles. The summed E-state index contributed by atoms with van der Waals surface area (Å²) in [6.45, 7) is 0.889. The van der Waals surface area contributed by atoms with Crippen LogP contribution >= 0.6 is 0 Å². The SMILES string of the molecule is CN(CC1CC1)C(=O)c1cccc2ccn(C)c12. The zero-order chi connectivity index (χ0) is 12.7. The molecule has 1 aliphatic carbocycles. The molecule has 3 nitrogen and oxygen atoms in total. The highest BCUT2D eigenvalue weighted by Gasteiger charge is 2.26. The fourth-order valence-electron chi connectivity index (χ4n) is 2.50. The minimum Gasteiger partial charge on any atom is -0.350 e. The molecule has 1 aliphatic rings. The number of hydrogen-bond donors (Lipinski definition) is 0. The molecule has 0 bridgehead atoms. The molecule has 0 atom stereocenters. The van der Waals surface area contributed by atoms with E-state index in [2.05, 4.69) is 0 Å². The average molecular weight is 242 g/mol. The highest BCUT2D eigenvalue weighted by molar-refractivity contribution is 6.05. The molecule has 3 heteroatoms. The van der Waals surface area contributed by atoms with Crippen LogP contribution < -0.4 is 0 Å². The highest BCUT2D eigenvalue weighted by Crippen LogP contribution is 2.30. The molecule has 0 radical (unpaired) electrons. The molecule has 18 heavy (non-hydrogen) atoms. The van der Waals surface area contributed by atoms with E-state index in [1.54, 1.807) is 0 Å². The number of benzene rings is 1. The monoisotopic (exact) mass is 242 g/mol. The van der Waals surface area contributed by atoms with Crippen LogP contribution in [0.3, 0.4) is 0 Å². The number of carbonyl (C=O) groups excluding carboxylic acids is 1. The standard InChI is InChI=1S/C15H18N2O/c1-16-9-8-12-4-3-5-13(14(12)16)15(18)17(2)10-11-6-7-11/h3-5,8-9,11H,6-7,10H2,1-2H3. The third-order valence-corrected chi connectivity index (χ3v) is 3.70. The molecular weight excluding hydrogens is 224 g/mol. The van der Waals surface area contributed by atoms with E-state index in [1.165, 1.54) is 12.8 Å². The van der Waals surface area contributed by atoms with E-state index in [0.717, 1.165) is 28.9 Å². The van der Waals surface area contributed by atoms with Gasteiger partial charge in [0.15, 0.2) is 0 Å². The third-order valence-electron chi connectivity index (χ3n) is 3.70.